The van der Waals surface area contributed by atoms with E-state index < -0.39 is 30.9 Å². The molecule has 1 N–H and O–H groups in total. The average Bonchev–Trinajstić information content (AvgIpc) is 3.34. The molecule has 1 aliphatic heterocycles. The summed E-state index contributed by atoms with van der Waals surface area (Å²) in [6.45, 7) is 0.337. The maximum atomic E-state index is 15.4. The van der Waals surface area contributed by atoms with Crippen molar-refractivity contribution in [1.29, 1.82) is 0 Å². The molecule has 5 rings (SSSR count). The van der Waals surface area contributed by atoms with E-state index in [1.54, 1.807) is 18.2 Å². The van der Waals surface area contributed by atoms with Crippen molar-refractivity contribution in [3.63, 3.8) is 0 Å². The number of aryl methyl sites for hydroxylation is 1. The van der Waals surface area contributed by atoms with Gasteiger partial charge >= 0.3 is 0 Å². The Hall–Kier alpha value is -3.41. The number of benzene rings is 1. The van der Waals surface area contributed by atoms with Gasteiger partial charge in [-0.15, -0.1) is 5.10 Å². The summed E-state index contributed by atoms with van der Waals surface area (Å²) in [4.78, 5) is 10.6. The average molecular weight is 461 g/mol. The van der Waals surface area contributed by atoms with Crippen molar-refractivity contribution in [2.45, 2.75) is 25.2 Å². The van der Waals surface area contributed by atoms with Crippen LogP contribution in [0.3, 0.4) is 0 Å². The van der Waals surface area contributed by atoms with Crippen LogP contribution in [0.5, 0.6) is 5.88 Å². The van der Waals surface area contributed by atoms with E-state index >= 15 is 4.39 Å². The Labute approximate surface area is 187 Å². The number of piperidine rings is 1. The van der Waals surface area contributed by atoms with E-state index in [1.165, 1.54) is 16.3 Å². The van der Waals surface area contributed by atoms with Gasteiger partial charge in [0.05, 0.1) is 38.3 Å². The summed E-state index contributed by atoms with van der Waals surface area (Å²) in [5.41, 5.74) is 1.78. The predicted octanol–water partition coefficient (Wildman–Crippen LogP) is 2.13. The van der Waals surface area contributed by atoms with E-state index in [0.29, 0.717) is 29.6 Å². The number of methoxy groups -OCH3 is 1. The van der Waals surface area contributed by atoms with Crippen LogP contribution in [-0.2, 0) is 6.54 Å². The van der Waals surface area contributed by atoms with Crippen molar-refractivity contribution in [2.24, 2.45) is 4.99 Å². The number of ether oxygens (including phenoxy) is 1. The lowest BCUT2D eigenvalue weighted by Crippen LogP contribution is -2.42. The number of halogens is 3. The summed E-state index contributed by atoms with van der Waals surface area (Å²) >= 11 is 0. The number of H-pyrrole nitrogens is 1. The quantitative estimate of drug-likeness (QED) is 0.492. The lowest BCUT2D eigenvalue weighted by molar-refractivity contribution is 0.140. The number of nitrogens with zero attached hydrogens (tertiary/aromatic N) is 7. The molecule has 3 aromatic heterocycles. The van der Waals surface area contributed by atoms with Crippen LogP contribution in [0.15, 0.2) is 29.4 Å². The van der Waals surface area contributed by atoms with Gasteiger partial charge in [-0.25, -0.2) is 22.8 Å². The first-order chi connectivity index (χ1) is 16.4. The van der Waals surface area contributed by atoms with Crippen LogP contribution < -0.4 is 10.4 Å². The van der Waals surface area contributed by atoms with E-state index in [9.17, 15) is 8.78 Å². The zero-order valence-corrected chi connectivity index (χ0v) is 18.1. The lowest BCUT2D eigenvalue weighted by atomic mass is 10.0. The standard InChI is InChI=1S/C21H23F3N8O/c1-30-7-5-15(13(23)10-30)25-21-26-20(33-2)19-18(14(24)11-32(19)28-21)12-3-4-16-17(9-12)31(8-6-22)29-27-16/h3-4,9,11,13,15H,5-8,10H2,1-2H3,(H,25,28)/t13-,15+/m0/s1/i11D. The minimum Gasteiger partial charge on any atom is -0.479 e. The molecule has 0 bridgehead atoms. The van der Waals surface area contributed by atoms with Crippen molar-refractivity contribution in [1.82, 2.24) is 34.5 Å². The maximum Gasteiger partial charge on any atom is 0.243 e. The first-order valence-electron chi connectivity index (χ1n) is 11.0. The molecular weight excluding hydrogens is 437 g/mol. The number of hydrogen-bond acceptors (Lipinski definition) is 6. The summed E-state index contributed by atoms with van der Waals surface area (Å²) in [7, 11) is 3.22. The zero-order valence-electron chi connectivity index (χ0n) is 19.1. The number of rotatable bonds is 5. The molecule has 0 amide bonds. The third-order valence-electron chi connectivity index (χ3n) is 5.80. The Morgan fingerprint density at radius 1 is 1.39 bits per heavy atom. The third-order valence-corrected chi connectivity index (χ3v) is 5.80. The molecule has 4 heterocycles. The molecule has 2 atom stereocenters. The van der Waals surface area contributed by atoms with Crippen molar-refractivity contribution in [3.05, 3.63) is 35.8 Å². The monoisotopic (exact) mass is 461 g/mol. The predicted molar refractivity (Wildman–Crippen MR) is 115 cm³/mol. The van der Waals surface area contributed by atoms with E-state index in [0.717, 1.165) is 0 Å². The Morgan fingerprint density at radius 3 is 3.00 bits per heavy atom. The third kappa shape index (κ3) is 3.84. The number of likely N-dealkylation sites (tertiary alicyclic amines) is 1. The van der Waals surface area contributed by atoms with Gasteiger partial charge in [0.2, 0.25) is 11.5 Å². The second-order valence-corrected chi connectivity index (χ2v) is 8.01. The zero-order chi connectivity index (χ0) is 24.0. The van der Waals surface area contributed by atoms with Crippen LogP contribution in [-0.4, -0.2) is 80.6 Å². The van der Waals surface area contributed by atoms with Crippen molar-refractivity contribution in [2.75, 3.05) is 33.9 Å². The van der Waals surface area contributed by atoms with Crippen LogP contribution in [0, 0.1) is 5.82 Å². The highest BCUT2D eigenvalue weighted by molar-refractivity contribution is 5.89. The van der Waals surface area contributed by atoms with Gasteiger partial charge in [-0.05, 0) is 31.2 Å². The largest absolute Gasteiger partial charge is 0.479 e. The van der Waals surface area contributed by atoms with E-state index in [1.807, 2.05) is 11.9 Å². The fourth-order valence-corrected chi connectivity index (χ4v) is 4.16. The van der Waals surface area contributed by atoms with Crippen molar-refractivity contribution in [3.8, 4) is 17.0 Å². The summed E-state index contributed by atoms with van der Waals surface area (Å²) in [5.74, 6) is -0.774. The molecule has 1 saturated heterocycles. The highest BCUT2D eigenvalue weighted by Gasteiger charge is 2.27. The fraction of sp³-hybridized carbons (Fsp3) is 0.429. The van der Waals surface area contributed by atoms with Crippen LogP contribution in [0.2, 0.25) is 0 Å². The molecular formula is C21H23F3N8O. The SMILES string of the molecule is [2H]c1c(F)c(-c2ccc3nnn(CCF)c3c2)c2c(OC)nc(=N[C@@H]3CCN(C)C[C@@H]3F)[nH]n12. The number of nitrogens with one attached hydrogen (secondary N) is 1. The van der Waals surface area contributed by atoms with Gasteiger partial charge in [-0.2, -0.15) is 4.98 Å². The molecule has 1 aromatic carbocycles. The number of hydrogen-bond donors (Lipinski definition) is 1. The number of alkyl halides is 2. The second-order valence-electron chi connectivity index (χ2n) is 8.01. The van der Waals surface area contributed by atoms with Crippen molar-refractivity contribution >= 4 is 16.6 Å². The molecule has 0 spiro atoms. The molecule has 1 aliphatic rings. The second kappa shape index (κ2) is 8.50. The van der Waals surface area contributed by atoms with Gasteiger partial charge < -0.3 is 9.64 Å². The molecule has 0 saturated carbocycles. The van der Waals surface area contributed by atoms with E-state index in [-0.39, 0.29) is 35.7 Å². The van der Waals surface area contributed by atoms with Gasteiger partial charge in [-0.1, -0.05) is 11.3 Å². The maximum absolute atomic E-state index is 15.4. The topological polar surface area (TPSA) is 88.6 Å². The number of aromatic nitrogens is 6. The normalized spacial score (nSPS) is 20.6. The smallest absolute Gasteiger partial charge is 0.243 e. The van der Waals surface area contributed by atoms with Crippen LogP contribution >= 0.6 is 0 Å². The summed E-state index contributed by atoms with van der Waals surface area (Å²) in [5, 5.41) is 10.7. The summed E-state index contributed by atoms with van der Waals surface area (Å²) in [6, 6.07) is 4.31. The Kier molecular flexibility index (Phi) is 5.21. The van der Waals surface area contributed by atoms with Gasteiger partial charge in [0.15, 0.2) is 5.82 Å². The van der Waals surface area contributed by atoms with E-state index in [4.69, 9.17) is 6.11 Å². The molecule has 1 fully saturated rings. The van der Waals surface area contributed by atoms with Gasteiger partial charge in [-0.3, -0.25) is 9.61 Å². The fourth-order valence-electron chi connectivity index (χ4n) is 4.16. The highest BCUT2D eigenvalue weighted by Crippen LogP contribution is 2.34. The summed E-state index contributed by atoms with van der Waals surface area (Å²) < 4.78 is 59.1. The van der Waals surface area contributed by atoms with Crippen LogP contribution in [0.4, 0.5) is 13.2 Å². The molecule has 0 radical (unpaired) electrons. The minimum absolute atomic E-state index is 0.0126. The molecule has 0 unspecified atom stereocenters. The van der Waals surface area contributed by atoms with Gasteiger partial charge in [0.1, 0.15) is 23.9 Å². The molecule has 12 heteroatoms. The van der Waals surface area contributed by atoms with Crippen LogP contribution in [0.1, 0.15) is 7.79 Å². The first-order valence-corrected chi connectivity index (χ1v) is 10.5. The Bertz CT molecular complexity index is 1430. The number of aromatic amines is 1. The minimum atomic E-state index is -1.17. The number of fused-ring (bicyclic) bond motifs is 2. The molecule has 9 nitrogen and oxygen atoms in total. The van der Waals surface area contributed by atoms with Crippen LogP contribution in [0.25, 0.3) is 27.7 Å². The highest BCUT2D eigenvalue weighted by atomic mass is 19.1. The summed E-state index contributed by atoms with van der Waals surface area (Å²) in [6.07, 6.45) is -1.12. The first kappa shape index (κ1) is 20.2. The Balaban J connectivity index is 1.67. The molecule has 33 heavy (non-hydrogen) atoms. The lowest BCUT2D eigenvalue weighted by Gasteiger charge is -2.29. The molecule has 4 aromatic rings. The van der Waals surface area contributed by atoms with Crippen molar-refractivity contribution < 1.29 is 19.3 Å². The van der Waals surface area contributed by atoms with Gasteiger partial charge in [0.25, 0.3) is 0 Å². The van der Waals surface area contributed by atoms with Gasteiger partial charge in [0, 0.05) is 13.1 Å². The molecule has 0 aliphatic carbocycles. The van der Waals surface area contributed by atoms with E-state index in [2.05, 4.69) is 25.4 Å². The molecule has 174 valence electrons. The Morgan fingerprint density at radius 2 is 2.24 bits per heavy atom.